The Morgan fingerprint density at radius 1 is 1.07 bits per heavy atom. The lowest BCUT2D eigenvalue weighted by Crippen LogP contribution is -2.61. The number of hydrogen-bond donors (Lipinski definition) is 0. The molecular weight excluding hydrogens is 346 g/mol. The van der Waals surface area contributed by atoms with Crippen LogP contribution in [0.3, 0.4) is 0 Å². The summed E-state index contributed by atoms with van der Waals surface area (Å²) in [4.78, 5) is 10.1. The average molecular weight is 380 g/mol. The van der Waals surface area contributed by atoms with Crippen molar-refractivity contribution in [1.82, 2.24) is 24.6 Å². The Bertz CT molecular complexity index is 772. The molecule has 5 rings (SSSR count). The molecule has 0 N–H and O–H groups in total. The quantitative estimate of drug-likeness (QED) is 0.799. The van der Waals surface area contributed by atoms with Crippen molar-refractivity contribution in [2.24, 2.45) is 11.8 Å². The van der Waals surface area contributed by atoms with E-state index in [9.17, 15) is 0 Å². The first-order valence-corrected chi connectivity index (χ1v) is 11.2. The van der Waals surface area contributed by atoms with E-state index < -0.39 is 0 Å². The van der Waals surface area contributed by atoms with Gasteiger partial charge in [0.05, 0.1) is 6.54 Å². The summed E-state index contributed by atoms with van der Waals surface area (Å²) in [6.07, 6.45) is 8.51. The molecule has 0 aliphatic carbocycles. The minimum absolute atomic E-state index is 0.737. The lowest BCUT2D eigenvalue weighted by Gasteiger charge is -2.55. The van der Waals surface area contributed by atoms with Gasteiger partial charge in [-0.05, 0) is 50.0 Å². The summed E-state index contributed by atoms with van der Waals surface area (Å²) in [5.74, 6) is 2.76. The van der Waals surface area contributed by atoms with Crippen LogP contribution in [0.25, 0.3) is 0 Å². The minimum Gasteiger partial charge on any atom is -0.296 e. The summed E-state index contributed by atoms with van der Waals surface area (Å²) in [7, 11) is 0. The molecule has 1 aromatic heterocycles. The van der Waals surface area contributed by atoms with Crippen LogP contribution in [0.5, 0.6) is 0 Å². The third-order valence-electron chi connectivity index (χ3n) is 7.27. The van der Waals surface area contributed by atoms with Gasteiger partial charge in [0.2, 0.25) is 0 Å². The summed E-state index contributed by atoms with van der Waals surface area (Å²) >= 11 is 0. The van der Waals surface area contributed by atoms with Gasteiger partial charge >= 0.3 is 0 Å². The van der Waals surface area contributed by atoms with E-state index in [1.165, 1.54) is 57.3 Å². The second-order valence-electron chi connectivity index (χ2n) is 9.09. The van der Waals surface area contributed by atoms with E-state index in [1.807, 2.05) is 4.68 Å². The third-order valence-corrected chi connectivity index (χ3v) is 7.27. The van der Waals surface area contributed by atoms with E-state index in [0.717, 1.165) is 42.8 Å². The summed E-state index contributed by atoms with van der Waals surface area (Å²) in [5.41, 5.74) is 1.50. The highest BCUT2D eigenvalue weighted by Crippen LogP contribution is 2.40. The van der Waals surface area contributed by atoms with E-state index in [-0.39, 0.29) is 0 Å². The van der Waals surface area contributed by atoms with Crippen LogP contribution in [0.15, 0.2) is 36.7 Å². The van der Waals surface area contributed by atoms with Gasteiger partial charge in [-0.25, -0.2) is 9.67 Å². The van der Waals surface area contributed by atoms with Gasteiger partial charge in [0.1, 0.15) is 12.2 Å². The molecule has 0 spiro atoms. The molecule has 1 aromatic carbocycles. The maximum Gasteiger partial charge on any atom is 0.140 e. The molecule has 0 saturated carbocycles. The van der Waals surface area contributed by atoms with Crippen molar-refractivity contribution in [3.8, 4) is 0 Å². The molecule has 0 radical (unpaired) electrons. The fourth-order valence-corrected chi connectivity index (χ4v) is 6.12. The molecule has 2 aromatic rings. The first kappa shape index (κ1) is 18.3. The first-order chi connectivity index (χ1) is 13.8. The molecule has 28 heavy (non-hydrogen) atoms. The van der Waals surface area contributed by atoms with Gasteiger partial charge in [-0.2, -0.15) is 5.10 Å². The van der Waals surface area contributed by atoms with Gasteiger partial charge in [-0.3, -0.25) is 9.80 Å². The highest BCUT2D eigenvalue weighted by Gasteiger charge is 2.44. The first-order valence-electron chi connectivity index (χ1n) is 11.2. The maximum atomic E-state index is 4.52. The summed E-state index contributed by atoms with van der Waals surface area (Å²) in [6.45, 7) is 7.75. The van der Waals surface area contributed by atoms with E-state index in [0.29, 0.717) is 0 Å². The molecule has 0 amide bonds. The summed E-state index contributed by atoms with van der Waals surface area (Å²) < 4.78 is 2.05. The van der Waals surface area contributed by atoms with Crippen molar-refractivity contribution in [3.05, 3.63) is 48.0 Å². The van der Waals surface area contributed by atoms with Crippen LogP contribution in [-0.4, -0.2) is 56.3 Å². The number of fused-ring (bicyclic) bond motifs is 4. The number of aromatic nitrogens is 3. The molecular formula is C23H33N5. The fraction of sp³-hybridized carbons (Fsp3) is 0.652. The van der Waals surface area contributed by atoms with Crippen LogP contribution < -0.4 is 0 Å². The molecule has 3 saturated heterocycles. The second-order valence-corrected chi connectivity index (χ2v) is 9.09. The van der Waals surface area contributed by atoms with Crippen LogP contribution >= 0.6 is 0 Å². The molecule has 150 valence electrons. The molecule has 0 unspecified atom stereocenters. The van der Waals surface area contributed by atoms with Crippen LogP contribution in [0.4, 0.5) is 0 Å². The normalized spacial score (nSPS) is 30.9. The van der Waals surface area contributed by atoms with Crippen molar-refractivity contribution in [3.63, 3.8) is 0 Å². The number of nitrogens with zero attached hydrogens (tertiary/aromatic N) is 5. The SMILES string of the molecule is CCn1ncnc1CN1C[C@@H]2C[C@H](C1)[C@@H]1CCC[C@H](Cc3ccccc3)N1C2. The van der Waals surface area contributed by atoms with Gasteiger partial charge in [0.25, 0.3) is 0 Å². The monoisotopic (exact) mass is 379 g/mol. The number of benzene rings is 1. The lowest BCUT2D eigenvalue weighted by atomic mass is 9.74. The Hall–Kier alpha value is -1.72. The zero-order valence-corrected chi connectivity index (χ0v) is 17.1. The van der Waals surface area contributed by atoms with Crippen molar-refractivity contribution in [2.45, 2.75) is 64.2 Å². The van der Waals surface area contributed by atoms with Gasteiger partial charge in [0, 0.05) is 38.3 Å². The number of hydrogen-bond acceptors (Lipinski definition) is 4. The maximum absolute atomic E-state index is 4.52. The molecule has 5 heteroatoms. The van der Waals surface area contributed by atoms with Crippen molar-refractivity contribution >= 4 is 0 Å². The van der Waals surface area contributed by atoms with Gasteiger partial charge in [-0.1, -0.05) is 36.8 Å². The number of aryl methyl sites for hydroxylation is 1. The Morgan fingerprint density at radius 3 is 2.82 bits per heavy atom. The molecule has 4 heterocycles. The highest BCUT2D eigenvalue weighted by atomic mass is 15.3. The molecule has 5 nitrogen and oxygen atoms in total. The average Bonchev–Trinajstić information content (AvgIpc) is 3.16. The van der Waals surface area contributed by atoms with Crippen LogP contribution in [0, 0.1) is 11.8 Å². The molecule has 3 fully saturated rings. The summed E-state index contributed by atoms with van der Waals surface area (Å²) in [6, 6.07) is 12.6. The van der Waals surface area contributed by atoms with Crippen LogP contribution in [0.2, 0.25) is 0 Å². The Kier molecular flexibility index (Phi) is 5.20. The van der Waals surface area contributed by atoms with Gasteiger partial charge in [0.15, 0.2) is 0 Å². The van der Waals surface area contributed by atoms with Crippen molar-refractivity contribution < 1.29 is 0 Å². The zero-order chi connectivity index (χ0) is 18.9. The lowest BCUT2D eigenvalue weighted by molar-refractivity contribution is -0.0585. The third kappa shape index (κ3) is 3.62. The number of rotatable bonds is 5. The second kappa shape index (κ2) is 7.96. The van der Waals surface area contributed by atoms with Gasteiger partial charge in [-0.15, -0.1) is 0 Å². The Balaban J connectivity index is 1.27. The molecule has 2 bridgehead atoms. The number of piperidine rings is 3. The van der Waals surface area contributed by atoms with Crippen LogP contribution in [-0.2, 0) is 19.5 Å². The molecule has 4 atom stereocenters. The van der Waals surface area contributed by atoms with E-state index in [2.05, 4.69) is 57.1 Å². The van der Waals surface area contributed by atoms with E-state index in [1.54, 1.807) is 6.33 Å². The Morgan fingerprint density at radius 2 is 1.96 bits per heavy atom. The molecule has 3 aliphatic heterocycles. The zero-order valence-electron chi connectivity index (χ0n) is 17.1. The molecule has 3 aliphatic rings. The predicted molar refractivity (Wildman–Crippen MR) is 111 cm³/mol. The number of likely N-dealkylation sites (tertiary alicyclic amines) is 1. The smallest absolute Gasteiger partial charge is 0.140 e. The predicted octanol–water partition coefficient (Wildman–Crippen LogP) is 3.22. The largest absolute Gasteiger partial charge is 0.296 e. The fourth-order valence-electron chi connectivity index (χ4n) is 6.12. The van der Waals surface area contributed by atoms with E-state index >= 15 is 0 Å². The standard InChI is InChI=1S/C23H33N5/c1-2-28-23(24-17-25-28)16-26-13-19-11-20(15-26)22-10-6-9-21(27(22)14-19)12-18-7-4-3-5-8-18/h3-5,7-8,17,19-22H,2,6,9-16H2,1H3/t19-,20+,21+,22-/m0/s1. The van der Waals surface area contributed by atoms with Crippen LogP contribution in [0.1, 0.15) is 44.0 Å². The minimum atomic E-state index is 0.737. The van der Waals surface area contributed by atoms with E-state index in [4.69, 9.17) is 0 Å². The van der Waals surface area contributed by atoms with Crippen molar-refractivity contribution in [2.75, 3.05) is 19.6 Å². The Labute approximate surface area is 168 Å². The van der Waals surface area contributed by atoms with Gasteiger partial charge < -0.3 is 0 Å². The topological polar surface area (TPSA) is 37.2 Å². The van der Waals surface area contributed by atoms with Crippen molar-refractivity contribution in [1.29, 1.82) is 0 Å². The highest BCUT2D eigenvalue weighted by molar-refractivity contribution is 5.16. The summed E-state index contributed by atoms with van der Waals surface area (Å²) in [5, 5.41) is 4.36.